The van der Waals surface area contributed by atoms with E-state index in [4.69, 9.17) is 0 Å². The van der Waals surface area contributed by atoms with Crippen molar-refractivity contribution in [3.8, 4) is 11.3 Å². The second-order valence-electron chi connectivity index (χ2n) is 3.70. The third-order valence-corrected chi connectivity index (χ3v) is 2.49. The van der Waals surface area contributed by atoms with Crippen LogP contribution in [0, 0.1) is 0 Å². The average Bonchev–Trinajstić information content (AvgIpc) is 2.38. The normalized spacial score (nSPS) is 11.3. The molecule has 0 aliphatic rings. The molecule has 1 nitrogen and oxygen atoms in total. The standard InChI is InChI=1S/C14H10F3N/c1-2-10-6-5-9-13(18-10)11-7-3-4-8-12(11)14(15,16)17/h2-9H,1H2. The second-order valence-corrected chi connectivity index (χ2v) is 3.70. The molecule has 0 radical (unpaired) electrons. The smallest absolute Gasteiger partial charge is 0.248 e. The molecule has 1 heterocycles. The molecule has 0 saturated carbocycles. The molecule has 0 spiro atoms. The maximum Gasteiger partial charge on any atom is 0.417 e. The molecule has 0 saturated heterocycles. The summed E-state index contributed by atoms with van der Waals surface area (Å²) in [5.74, 6) is 0. The van der Waals surface area contributed by atoms with Crippen LogP contribution in [-0.4, -0.2) is 4.98 Å². The molecule has 1 aromatic heterocycles. The highest BCUT2D eigenvalue weighted by molar-refractivity contribution is 5.65. The molecular weight excluding hydrogens is 239 g/mol. The van der Waals surface area contributed by atoms with Gasteiger partial charge in [-0.05, 0) is 24.3 Å². The van der Waals surface area contributed by atoms with Gasteiger partial charge in [-0.1, -0.05) is 30.8 Å². The molecule has 0 aliphatic carbocycles. The van der Waals surface area contributed by atoms with Crippen molar-refractivity contribution < 1.29 is 13.2 Å². The summed E-state index contributed by atoms with van der Waals surface area (Å²) >= 11 is 0. The van der Waals surface area contributed by atoms with Crippen LogP contribution in [0.25, 0.3) is 17.3 Å². The second kappa shape index (κ2) is 4.64. The molecule has 0 amide bonds. The lowest BCUT2D eigenvalue weighted by atomic mass is 10.0. The minimum absolute atomic E-state index is 0.0775. The van der Waals surface area contributed by atoms with E-state index in [0.29, 0.717) is 11.4 Å². The molecule has 0 unspecified atom stereocenters. The summed E-state index contributed by atoms with van der Waals surface area (Å²) in [5, 5.41) is 0. The summed E-state index contributed by atoms with van der Waals surface area (Å²) in [5.41, 5.74) is 0.234. The van der Waals surface area contributed by atoms with Crippen molar-refractivity contribution in [2.75, 3.05) is 0 Å². The predicted molar refractivity (Wildman–Crippen MR) is 64.8 cm³/mol. The van der Waals surface area contributed by atoms with Gasteiger partial charge < -0.3 is 0 Å². The van der Waals surface area contributed by atoms with Crippen LogP contribution in [0.15, 0.2) is 49.0 Å². The lowest BCUT2D eigenvalue weighted by Crippen LogP contribution is -2.07. The first-order valence-electron chi connectivity index (χ1n) is 5.28. The van der Waals surface area contributed by atoms with Crippen LogP contribution in [0.4, 0.5) is 13.2 Å². The van der Waals surface area contributed by atoms with E-state index in [-0.39, 0.29) is 5.56 Å². The molecule has 92 valence electrons. The number of halogens is 3. The van der Waals surface area contributed by atoms with Gasteiger partial charge in [0.1, 0.15) is 0 Å². The number of nitrogens with zero attached hydrogens (tertiary/aromatic N) is 1. The van der Waals surface area contributed by atoms with Crippen molar-refractivity contribution in [1.82, 2.24) is 4.98 Å². The zero-order valence-corrected chi connectivity index (χ0v) is 9.41. The Balaban J connectivity index is 2.60. The fourth-order valence-electron chi connectivity index (χ4n) is 1.67. The van der Waals surface area contributed by atoms with Crippen LogP contribution in [0.2, 0.25) is 0 Å². The quantitative estimate of drug-likeness (QED) is 0.768. The van der Waals surface area contributed by atoms with Gasteiger partial charge in [0, 0.05) is 5.56 Å². The van der Waals surface area contributed by atoms with E-state index in [2.05, 4.69) is 11.6 Å². The molecule has 4 heteroatoms. The Labute approximate surface area is 103 Å². The van der Waals surface area contributed by atoms with E-state index in [1.807, 2.05) is 0 Å². The molecule has 0 aliphatic heterocycles. The third kappa shape index (κ3) is 2.42. The maximum atomic E-state index is 12.9. The fourth-order valence-corrected chi connectivity index (χ4v) is 1.67. The SMILES string of the molecule is C=Cc1cccc(-c2ccccc2C(F)(F)F)n1. The number of benzene rings is 1. The van der Waals surface area contributed by atoms with Crippen molar-refractivity contribution in [2.24, 2.45) is 0 Å². The van der Waals surface area contributed by atoms with Crippen LogP contribution in [-0.2, 0) is 6.18 Å². The van der Waals surface area contributed by atoms with Crippen LogP contribution >= 0.6 is 0 Å². The van der Waals surface area contributed by atoms with Crippen molar-refractivity contribution in [3.63, 3.8) is 0 Å². The minimum Gasteiger partial charge on any atom is -0.248 e. The predicted octanol–water partition coefficient (Wildman–Crippen LogP) is 4.41. The Bertz CT molecular complexity index is 573. The number of pyridine rings is 1. The first-order chi connectivity index (χ1) is 8.52. The Morgan fingerprint density at radius 1 is 1.00 bits per heavy atom. The Kier molecular flexibility index (Phi) is 3.19. The van der Waals surface area contributed by atoms with Crippen molar-refractivity contribution >= 4 is 6.08 Å². The van der Waals surface area contributed by atoms with Crippen molar-refractivity contribution in [2.45, 2.75) is 6.18 Å². The van der Waals surface area contributed by atoms with Crippen LogP contribution in [0.3, 0.4) is 0 Å². The minimum atomic E-state index is -4.39. The molecule has 18 heavy (non-hydrogen) atoms. The van der Waals surface area contributed by atoms with Crippen molar-refractivity contribution in [3.05, 3.63) is 60.3 Å². The van der Waals surface area contributed by atoms with Gasteiger partial charge in [0.2, 0.25) is 0 Å². The summed E-state index contributed by atoms with van der Waals surface area (Å²) in [6.45, 7) is 3.55. The number of aromatic nitrogens is 1. The molecular formula is C14H10F3N. The summed E-state index contributed by atoms with van der Waals surface area (Å²) in [4.78, 5) is 4.12. The Morgan fingerprint density at radius 3 is 2.39 bits per heavy atom. The average molecular weight is 249 g/mol. The first-order valence-corrected chi connectivity index (χ1v) is 5.28. The van der Waals surface area contributed by atoms with E-state index >= 15 is 0 Å². The zero-order valence-electron chi connectivity index (χ0n) is 9.41. The summed E-state index contributed by atoms with van der Waals surface area (Å²) < 4.78 is 38.6. The molecule has 2 aromatic rings. The van der Waals surface area contributed by atoms with Gasteiger partial charge in [0.15, 0.2) is 0 Å². The lowest BCUT2D eigenvalue weighted by molar-refractivity contribution is -0.137. The van der Waals surface area contributed by atoms with E-state index in [1.165, 1.54) is 18.2 Å². The number of hydrogen-bond acceptors (Lipinski definition) is 1. The van der Waals surface area contributed by atoms with Gasteiger partial charge in [0.25, 0.3) is 0 Å². The Morgan fingerprint density at radius 2 is 1.72 bits per heavy atom. The third-order valence-electron chi connectivity index (χ3n) is 2.49. The fraction of sp³-hybridized carbons (Fsp3) is 0.0714. The van der Waals surface area contributed by atoms with Gasteiger partial charge in [-0.25, -0.2) is 4.98 Å². The topological polar surface area (TPSA) is 12.9 Å². The van der Waals surface area contributed by atoms with Gasteiger partial charge in [-0.3, -0.25) is 0 Å². The van der Waals surface area contributed by atoms with Gasteiger partial charge >= 0.3 is 6.18 Å². The molecule has 0 bridgehead atoms. The summed E-state index contributed by atoms with van der Waals surface area (Å²) in [6.07, 6.45) is -2.89. The van der Waals surface area contributed by atoms with E-state index in [9.17, 15) is 13.2 Å². The molecule has 0 N–H and O–H groups in total. The van der Waals surface area contributed by atoms with Crippen LogP contribution in [0.5, 0.6) is 0 Å². The maximum absolute atomic E-state index is 12.9. The molecule has 1 aromatic carbocycles. The van der Waals surface area contributed by atoms with E-state index in [0.717, 1.165) is 6.07 Å². The summed E-state index contributed by atoms with van der Waals surface area (Å²) in [6, 6.07) is 10.3. The highest BCUT2D eigenvalue weighted by Crippen LogP contribution is 2.36. The molecule has 0 atom stereocenters. The van der Waals surface area contributed by atoms with Crippen molar-refractivity contribution in [1.29, 1.82) is 0 Å². The number of rotatable bonds is 2. The van der Waals surface area contributed by atoms with Gasteiger partial charge in [0.05, 0.1) is 17.0 Å². The zero-order chi connectivity index (χ0) is 13.2. The van der Waals surface area contributed by atoms with E-state index in [1.54, 1.807) is 24.3 Å². The highest BCUT2D eigenvalue weighted by Gasteiger charge is 2.33. The van der Waals surface area contributed by atoms with E-state index < -0.39 is 11.7 Å². The Hall–Kier alpha value is -2.10. The van der Waals surface area contributed by atoms with Gasteiger partial charge in [-0.2, -0.15) is 13.2 Å². The van der Waals surface area contributed by atoms with Crippen LogP contribution < -0.4 is 0 Å². The largest absolute Gasteiger partial charge is 0.417 e. The summed E-state index contributed by atoms with van der Waals surface area (Å²) in [7, 11) is 0. The highest BCUT2D eigenvalue weighted by atomic mass is 19.4. The molecule has 2 rings (SSSR count). The number of hydrogen-bond donors (Lipinski definition) is 0. The first kappa shape index (κ1) is 12.4. The van der Waals surface area contributed by atoms with Crippen LogP contribution in [0.1, 0.15) is 11.3 Å². The van der Waals surface area contributed by atoms with Gasteiger partial charge in [-0.15, -0.1) is 0 Å². The monoisotopic (exact) mass is 249 g/mol. The molecule has 0 fully saturated rings. The number of alkyl halides is 3. The lowest BCUT2D eigenvalue weighted by Gasteiger charge is -2.12.